The van der Waals surface area contributed by atoms with Crippen LogP contribution in [0.25, 0.3) is 0 Å². The Bertz CT molecular complexity index is 838. The van der Waals surface area contributed by atoms with Crippen molar-refractivity contribution in [2.45, 2.75) is 39.5 Å². The van der Waals surface area contributed by atoms with Gasteiger partial charge in [-0.1, -0.05) is 0 Å². The lowest BCUT2D eigenvalue weighted by Crippen LogP contribution is -2.21. The molecule has 1 aliphatic rings. The molecule has 8 heteroatoms. The largest absolute Gasteiger partial charge is 0.465 e. The van der Waals surface area contributed by atoms with Crippen molar-refractivity contribution in [1.29, 1.82) is 0 Å². The van der Waals surface area contributed by atoms with Gasteiger partial charge < -0.3 is 15.4 Å². The molecule has 2 N–H and O–H groups in total. The molecule has 2 heterocycles. The lowest BCUT2D eigenvalue weighted by Gasteiger charge is -2.12. The van der Waals surface area contributed by atoms with Gasteiger partial charge in [0.1, 0.15) is 5.00 Å². The molecule has 0 aromatic carbocycles. The zero-order valence-electron chi connectivity index (χ0n) is 14.9. The van der Waals surface area contributed by atoms with Gasteiger partial charge in [0.05, 0.1) is 29.7 Å². The van der Waals surface area contributed by atoms with Crippen LogP contribution in [0, 0.1) is 13.8 Å². The van der Waals surface area contributed by atoms with Crippen LogP contribution in [0.2, 0.25) is 0 Å². The van der Waals surface area contributed by atoms with Crippen LogP contribution < -0.4 is 10.6 Å². The van der Waals surface area contributed by atoms with Gasteiger partial charge in [-0.25, -0.2) is 4.79 Å². The third-order valence-electron chi connectivity index (χ3n) is 4.54. The molecule has 25 heavy (non-hydrogen) atoms. The lowest BCUT2D eigenvalue weighted by atomic mass is 9.95. The minimum absolute atomic E-state index is 0.307. The van der Waals surface area contributed by atoms with Crippen molar-refractivity contribution in [1.82, 2.24) is 9.78 Å². The molecule has 0 bridgehead atoms. The average molecular weight is 379 g/mol. The van der Waals surface area contributed by atoms with Crippen LogP contribution in [0.5, 0.6) is 0 Å². The lowest BCUT2D eigenvalue weighted by molar-refractivity contribution is 0.0601. The normalized spacial score (nSPS) is 13.3. The van der Waals surface area contributed by atoms with E-state index in [1.807, 2.05) is 25.6 Å². The summed E-state index contributed by atoms with van der Waals surface area (Å²) in [5, 5.41) is 12.0. The van der Waals surface area contributed by atoms with E-state index < -0.39 is 0 Å². The molecule has 0 saturated heterocycles. The molecule has 6 nitrogen and oxygen atoms in total. The number of anilines is 2. The van der Waals surface area contributed by atoms with Crippen LogP contribution in [-0.4, -0.2) is 28.0 Å². The summed E-state index contributed by atoms with van der Waals surface area (Å²) in [4.78, 5) is 13.5. The second-order valence-electron chi connectivity index (χ2n) is 6.16. The summed E-state index contributed by atoms with van der Waals surface area (Å²) >= 11 is 7.06. The predicted molar refractivity (Wildman–Crippen MR) is 105 cm³/mol. The molecule has 0 aliphatic heterocycles. The van der Waals surface area contributed by atoms with Crippen molar-refractivity contribution in [3.05, 3.63) is 27.4 Å². The Hall–Kier alpha value is -1.93. The molecule has 0 unspecified atom stereocenters. The SMILES string of the molecule is COC(=O)c1c(NC(=S)Nc2c(C)nn(C)c2C)sc2c1CCCC2. The Balaban J connectivity index is 1.86. The quantitative estimate of drug-likeness (QED) is 0.629. The highest BCUT2D eigenvalue weighted by molar-refractivity contribution is 7.80. The Labute approximate surface area is 156 Å². The van der Waals surface area contributed by atoms with E-state index in [1.165, 1.54) is 12.0 Å². The number of carbonyl (C=O) groups excluding carboxylic acids is 1. The van der Waals surface area contributed by atoms with Crippen molar-refractivity contribution in [2.75, 3.05) is 17.7 Å². The van der Waals surface area contributed by atoms with Crippen molar-refractivity contribution in [2.24, 2.45) is 7.05 Å². The smallest absolute Gasteiger partial charge is 0.341 e. The Morgan fingerprint density at radius 3 is 2.64 bits per heavy atom. The topological polar surface area (TPSA) is 68.2 Å². The third-order valence-corrected chi connectivity index (χ3v) is 5.95. The van der Waals surface area contributed by atoms with Crippen molar-refractivity contribution < 1.29 is 9.53 Å². The minimum atomic E-state index is -0.307. The van der Waals surface area contributed by atoms with Crippen LogP contribution in [0.3, 0.4) is 0 Å². The van der Waals surface area contributed by atoms with Gasteiger partial charge >= 0.3 is 5.97 Å². The van der Waals surface area contributed by atoms with Crippen LogP contribution in [0.1, 0.15) is 45.0 Å². The maximum atomic E-state index is 12.3. The van der Waals surface area contributed by atoms with Crippen LogP contribution in [0.15, 0.2) is 0 Å². The maximum Gasteiger partial charge on any atom is 0.341 e. The molecule has 1 aliphatic carbocycles. The number of esters is 1. The first-order valence-corrected chi connectivity index (χ1v) is 9.46. The summed E-state index contributed by atoms with van der Waals surface area (Å²) < 4.78 is 6.80. The fourth-order valence-electron chi connectivity index (χ4n) is 3.17. The van der Waals surface area contributed by atoms with Crippen molar-refractivity contribution >= 4 is 45.3 Å². The molecule has 0 amide bonds. The summed E-state index contributed by atoms with van der Waals surface area (Å²) in [5.74, 6) is -0.307. The molecule has 0 atom stereocenters. The first-order chi connectivity index (χ1) is 11.9. The van der Waals surface area contributed by atoms with E-state index in [9.17, 15) is 4.79 Å². The Morgan fingerprint density at radius 2 is 2.00 bits per heavy atom. The number of thiophene rings is 1. The Morgan fingerprint density at radius 1 is 1.28 bits per heavy atom. The zero-order chi connectivity index (χ0) is 18.1. The highest BCUT2D eigenvalue weighted by Gasteiger charge is 2.26. The highest BCUT2D eigenvalue weighted by Crippen LogP contribution is 2.38. The first kappa shape index (κ1) is 17.9. The summed E-state index contributed by atoms with van der Waals surface area (Å²) in [6, 6.07) is 0. The summed E-state index contributed by atoms with van der Waals surface area (Å²) in [6.45, 7) is 3.91. The number of nitrogens with one attached hydrogen (secondary N) is 2. The zero-order valence-corrected chi connectivity index (χ0v) is 16.5. The summed E-state index contributed by atoms with van der Waals surface area (Å²) in [7, 11) is 3.31. The second kappa shape index (κ2) is 7.13. The summed E-state index contributed by atoms with van der Waals surface area (Å²) in [5.41, 5.74) is 4.51. The van der Waals surface area contributed by atoms with E-state index in [0.29, 0.717) is 10.7 Å². The van der Waals surface area contributed by atoms with E-state index in [1.54, 1.807) is 11.3 Å². The van der Waals surface area contributed by atoms with E-state index in [-0.39, 0.29) is 5.97 Å². The molecule has 0 radical (unpaired) electrons. The van der Waals surface area contributed by atoms with Gasteiger partial charge in [-0.05, 0) is 57.3 Å². The maximum absolute atomic E-state index is 12.3. The van der Waals surface area contributed by atoms with Gasteiger partial charge in [0.2, 0.25) is 0 Å². The van der Waals surface area contributed by atoms with Gasteiger partial charge in [0.25, 0.3) is 0 Å². The number of hydrogen-bond acceptors (Lipinski definition) is 5. The number of methoxy groups -OCH3 is 1. The van der Waals surface area contributed by atoms with Crippen LogP contribution in [0.4, 0.5) is 10.7 Å². The van der Waals surface area contributed by atoms with Gasteiger partial charge in [-0.3, -0.25) is 4.68 Å². The molecule has 0 fully saturated rings. The number of nitrogens with zero attached hydrogens (tertiary/aromatic N) is 2. The highest BCUT2D eigenvalue weighted by atomic mass is 32.1. The Kier molecular flexibility index (Phi) is 5.10. The van der Waals surface area contributed by atoms with E-state index in [2.05, 4.69) is 15.7 Å². The van der Waals surface area contributed by atoms with E-state index in [0.717, 1.165) is 53.3 Å². The number of hydrogen-bond donors (Lipinski definition) is 2. The third kappa shape index (κ3) is 3.41. The van der Waals surface area contributed by atoms with Gasteiger partial charge in [-0.2, -0.15) is 5.10 Å². The molecule has 134 valence electrons. The van der Waals surface area contributed by atoms with Crippen LogP contribution in [-0.2, 0) is 24.6 Å². The number of carbonyl (C=O) groups is 1. The number of ether oxygens (including phenoxy) is 1. The first-order valence-electron chi connectivity index (χ1n) is 8.23. The van der Waals surface area contributed by atoms with Crippen molar-refractivity contribution in [3.8, 4) is 0 Å². The van der Waals surface area contributed by atoms with Crippen molar-refractivity contribution in [3.63, 3.8) is 0 Å². The fourth-order valence-corrected chi connectivity index (χ4v) is 4.72. The molecule has 2 aromatic rings. The number of aryl methyl sites for hydroxylation is 3. The number of aromatic nitrogens is 2. The average Bonchev–Trinajstić information content (AvgIpc) is 3.06. The molecule has 2 aromatic heterocycles. The molecular weight excluding hydrogens is 356 g/mol. The molecular formula is C17H22N4O2S2. The minimum Gasteiger partial charge on any atom is -0.465 e. The number of fused-ring (bicyclic) bond motifs is 1. The molecule has 0 spiro atoms. The number of rotatable bonds is 3. The van der Waals surface area contributed by atoms with Gasteiger partial charge in [0, 0.05) is 11.9 Å². The van der Waals surface area contributed by atoms with Gasteiger partial charge in [0.15, 0.2) is 5.11 Å². The monoisotopic (exact) mass is 378 g/mol. The summed E-state index contributed by atoms with van der Waals surface area (Å²) in [6.07, 6.45) is 4.18. The predicted octanol–water partition coefficient (Wildman–Crippen LogP) is 3.57. The standard InChI is InChI=1S/C17H22N4O2S2/c1-9-14(10(2)21(3)20-9)18-17(24)19-15-13(16(22)23-4)11-7-5-6-8-12(11)25-15/h5-8H2,1-4H3,(H2,18,19,24). The van der Waals surface area contributed by atoms with E-state index in [4.69, 9.17) is 17.0 Å². The molecule has 0 saturated carbocycles. The molecule has 3 rings (SSSR count). The van der Waals surface area contributed by atoms with Crippen LogP contribution >= 0.6 is 23.6 Å². The van der Waals surface area contributed by atoms with Gasteiger partial charge in [-0.15, -0.1) is 11.3 Å². The fraction of sp³-hybridized carbons (Fsp3) is 0.471. The number of thiocarbonyl (C=S) groups is 1. The second-order valence-corrected chi connectivity index (χ2v) is 7.67. The van der Waals surface area contributed by atoms with E-state index >= 15 is 0 Å².